The summed E-state index contributed by atoms with van der Waals surface area (Å²) in [5.41, 5.74) is 0.802. The first-order chi connectivity index (χ1) is 13.0. The molecule has 140 valence electrons. The van der Waals surface area contributed by atoms with Crippen LogP contribution in [0.5, 0.6) is 5.75 Å². The lowest BCUT2D eigenvalue weighted by Crippen LogP contribution is -2.15. The molecule has 0 radical (unpaired) electrons. The Morgan fingerprint density at radius 3 is 2.89 bits per heavy atom. The number of amides is 1. The van der Waals surface area contributed by atoms with E-state index in [4.69, 9.17) is 4.74 Å². The molecule has 0 fully saturated rings. The Balaban J connectivity index is 1.50. The zero-order valence-electron chi connectivity index (χ0n) is 14.3. The molecule has 0 aliphatic carbocycles. The highest BCUT2D eigenvalue weighted by Gasteiger charge is 2.11. The van der Waals surface area contributed by atoms with E-state index in [9.17, 15) is 13.6 Å². The van der Waals surface area contributed by atoms with Gasteiger partial charge in [-0.1, -0.05) is 30.0 Å². The van der Waals surface area contributed by atoms with E-state index in [0.29, 0.717) is 11.0 Å². The Hall–Kier alpha value is -2.94. The van der Waals surface area contributed by atoms with Crippen LogP contribution in [-0.4, -0.2) is 26.8 Å². The summed E-state index contributed by atoms with van der Waals surface area (Å²) in [5, 5.41) is 9.40. The van der Waals surface area contributed by atoms with E-state index in [2.05, 4.69) is 20.5 Å². The van der Waals surface area contributed by atoms with E-state index >= 15 is 0 Å². The normalized spacial score (nSPS) is 10.6. The number of rotatable bonds is 7. The molecule has 27 heavy (non-hydrogen) atoms. The molecule has 2 aromatic carbocycles. The maximum Gasteiger partial charge on any atom is 0.234 e. The minimum Gasteiger partial charge on any atom is -0.485 e. The topological polar surface area (TPSA) is 79.9 Å². The number of carbonyl (C=O) groups excluding carboxylic acids is 1. The summed E-state index contributed by atoms with van der Waals surface area (Å²) in [5.74, 6) is -0.620. The molecule has 0 aliphatic rings. The van der Waals surface area contributed by atoms with Gasteiger partial charge in [-0.15, -0.1) is 5.10 Å². The molecule has 3 rings (SSSR count). The van der Waals surface area contributed by atoms with Gasteiger partial charge >= 0.3 is 0 Å². The first-order valence-electron chi connectivity index (χ1n) is 7.98. The maximum absolute atomic E-state index is 13.5. The lowest BCUT2D eigenvalue weighted by Gasteiger charge is -2.06. The Labute approximate surface area is 158 Å². The number of anilines is 1. The molecule has 1 amide bonds. The molecule has 1 heterocycles. The van der Waals surface area contributed by atoms with Crippen LogP contribution in [0.4, 0.5) is 14.5 Å². The zero-order chi connectivity index (χ0) is 19.2. The van der Waals surface area contributed by atoms with E-state index in [1.807, 2.05) is 31.2 Å². The third-order valence-corrected chi connectivity index (χ3v) is 4.35. The van der Waals surface area contributed by atoms with Crippen molar-refractivity contribution in [3.05, 3.63) is 65.5 Å². The molecule has 6 nitrogen and oxygen atoms in total. The molecule has 0 aliphatic heterocycles. The summed E-state index contributed by atoms with van der Waals surface area (Å²) in [6, 6.07) is 10.5. The first kappa shape index (κ1) is 18.8. The number of halogens is 2. The van der Waals surface area contributed by atoms with Crippen molar-refractivity contribution in [1.82, 2.24) is 15.2 Å². The van der Waals surface area contributed by atoms with E-state index < -0.39 is 17.5 Å². The number of aromatic nitrogens is 3. The lowest BCUT2D eigenvalue weighted by atomic mass is 10.2. The molecule has 2 N–H and O–H groups in total. The number of benzene rings is 2. The van der Waals surface area contributed by atoms with Crippen LogP contribution in [0.15, 0.2) is 47.6 Å². The molecule has 0 unspecified atom stereocenters. The summed E-state index contributed by atoms with van der Waals surface area (Å²) in [7, 11) is 0. The molecule has 0 saturated heterocycles. The Morgan fingerprint density at radius 2 is 2.07 bits per heavy atom. The van der Waals surface area contributed by atoms with Crippen LogP contribution < -0.4 is 10.1 Å². The smallest absolute Gasteiger partial charge is 0.234 e. The van der Waals surface area contributed by atoms with Crippen LogP contribution >= 0.6 is 11.8 Å². The van der Waals surface area contributed by atoms with Gasteiger partial charge in [0.25, 0.3) is 0 Å². The van der Waals surface area contributed by atoms with Crippen molar-refractivity contribution < 1.29 is 18.3 Å². The van der Waals surface area contributed by atoms with Crippen LogP contribution in [0, 0.1) is 18.6 Å². The third kappa shape index (κ3) is 5.27. The Kier molecular flexibility index (Phi) is 6.02. The number of ether oxygens (including phenoxy) is 1. The minimum atomic E-state index is -0.705. The fourth-order valence-corrected chi connectivity index (χ4v) is 2.80. The summed E-state index contributed by atoms with van der Waals surface area (Å²) in [6.07, 6.45) is 0. The number of aromatic amines is 1. The van der Waals surface area contributed by atoms with Crippen molar-refractivity contribution in [3.63, 3.8) is 0 Å². The monoisotopic (exact) mass is 390 g/mol. The van der Waals surface area contributed by atoms with Crippen molar-refractivity contribution in [2.45, 2.75) is 18.7 Å². The number of para-hydroxylation sites is 1. The minimum absolute atomic E-state index is 0.0497. The van der Waals surface area contributed by atoms with Crippen LogP contribution in [-0.2, 0) is 11.4 Å². The number of nitrogens with zero attached hydrogens (tertiary/aromatic N) is 2. The summed E-state index contributed by atoms with van der Waals surface area (Å²) < 4.78 is 32.3. The lowest BCUT2D eigenvalue weighted by molar-refractivity contribution is -0.113. The molecule has 0 saturated carbocycles. The fourth-order valence-electron chi connectivity index (χ4n) is 2.18. The molecule has 0 spiro atoms. The second-order valence-electron chi connectivity index (χ2n) is 5.58. The van der Waals surface area contributed by atoms with Crippen molar-refractivity contribution in [2.75, 3.05) is 11.1 Å². The second-order valence-corrected chi connectivity index (χ2v) is 6.52. The van der Waals surface area contributed by atoms with Gasteiger partial charge in [-0.05, 0) is 30.7 Å². The van der Waals surface area contributed by atoms with Crippen molar-refractivity contribution in [1.29, 1.82) is 0 Å². The van der Waals surface area contributed by atoms with Gasteiger partial charge in [0.1, 0.15) is 24.0 Å². The standard InChI is InChI=1S/C18H16F2N4O2S/c1-11-4-2-3-5-15(11)26-9-16-22-18(24-23-16)27-10-17(25)21-14-8-12(19)6-7-13(14)20/h2-8H,9-10H2,1H3,(H,21,25)(H,22,23,24). The highest BCUT2D eigenvalue weighted by atomic mass is 32.2. The van der Waals surface area contributed by atoms with E-state index in [-0.39, 0.29) is 18.0 Å². The van der Waals surface area contributed by atoms with Crippen LogP contribution in [0.25, 0.3) is 0 Å². The molecule has 0 atom stereocenters. The summed E-state index contributed by atoms with van der Waals surface area (Å²) in [4.78, 5) is 16.1. The molecule has 0 bridgehead atoms. The van der Waals surface area contributed by atoms with Crippen LogP contribution in [0.3, 0.4) is 0 Å². The van der Waals surface area contributed by atoms with Gasteiger partial charge in [0.2, 0.25) is 11.1 Å². The average molecular weight is 390 g/mol. The number of hydrogen-bond acceptors (Lipinski definition) is 5. The van der Waals surface area contributed by atoms with Gasteiger partial charge < -0.3 is 10.1 Å². The molecule has 1 aromatic heterocycles. The Bertz CT molecular complexity index is 949. The van der Waals surface area contributed by atoms with Gasteiger partial charge in [0, 0.05) is 6.07 Å². The maximum atomic E-state index is 13.5. The fraction of sp³-hybridized carbons (Fsp3) is 0.167. The highest BCUT2D eigenvalue weighted by Crippen LogP contribution is 2.19. The van der Waals surface area contributed by atoms with E-state index in [0.717, 1.165) is 41.3 Å². The average Bonchev–Trinajstić information content (AvgIpc) is 3.10. The predicted molar refractivity (Wildman–Crippen MR) is 97.6 cm³/mol. The van der Waals surface area contributed by atoms with Crippen LogP contribution in [0.1, 0.15) is 11.4 Å². The number of H-pyrrole nitrogens is 1. The largest absolute Gasteiger partial charge is 0.485 e. The Morgan fingerprint density at radius 1 is 1.26 bits per heavy atom. The van der Waals surface area contributed by atoms with Crippen molar-refractivity contribution in [2.24, 2.45) is 0 Å². The number of thioether (sulfide) groups is 1. The number of aryl methyl sites for hydroxylation is 1. The van der Waals surface area contributed by atoms with Gasteiger partial charge in [-0.2, -0.15) is 0 Å². The molecular formula is C18H16F2N4O2S. The predicted octanol–water partition coefficient (Wildman–Crippen LogP) is 3.70. The zero-order valence-corrected chi connectivity index (χ0v) is 15.1. The quantitative estimate of drug-likeness (QED) is 0.602. The van der Waals surface area contributed by atoms with E-state index in [1.165, 1.54) is 0 Å². The number of carbonyl (C=O) groups is 1. The van der Waals surface area contributed by atoms with Gasteiger partial charge in [-0.25, -0.2) is 13.8 Å². The highest BCUT2D eigenvalue weighted by molar-refractivity contribution is 7.99. The third-order valence-electron chi connectivity index (χ3n) is 3.50. The van der Waals surface area contributed by atoms with Crippen molar-refractivity contribution >= 4 is 23.4 Å². The second kappa shape index (κ2) is 8.63. The summed E-state index contributed by atoms with van der Waals surface area (Å²) >= 11 is 1.07. The molecule has 9 heteroatoms. The first-order valence-corrected chi connectivity index (χ1v) is 8.97. The van der Waals surface area contributed by atoms with E-state index in [1.54, 1.807) is 0 Å². The van der Waals surface area contributed by atoms with Crippen molar-refractivity contribution in [3.8, 4) is 5.75 Å². The SMILES string of the molecule is Cc1ccccc1OCc1nc(SCC(=O)Nc2cc(F)ccc2F)n[nH]1. The van der Waals surface area contributed by atoms with Crippen LogP contribution in [0.2, 0.25) is 0 Å². The molecule has 3 aromatic rings. The van der Waals surface area contributed by atoms with Gasteiger partial charge in [-0.3, -0.25) is 9.89 Å². The van der Waals surface area contributed by atoms with Gasteiger partial charge in [0.05, 0.1) is 11.4 Å². The number of nitrogens with one attached hydrogen (secondary N) is 2. The number of hydrogen-bond donors (Lipinski definition) is 2. The molecular weight excluding hydrogens is 374 g/mol. The van der Waals surface area contributed by atoms with Gasteiger partial charge in [0.15, 0.2) is 5.82 Å². The summed E-state index contributed by atoms with van der Waals surface area (Å²) in [6.45, 7) is 2.15.